The molecular formula is C10H14FN3. The van der Waals surface area contributed by atoms with Gasteiger partial charge in [0, 0.05) is 19.2 Å². The van der Waals surface area contributed by atoms with Gasteiger partial charge in [-0.3, -0.25) is 10.4 Å². The second kappa shape index (κ2) is 3.13. The third-order valence-corrected chi connectivity index (χ3v) is 2.30. The fourth-order valence-electron chi connectivity index (χ4n) is 1.80. The Morgan fingerprint density at radius 2 is 2.07 bits per heavy atom. The van der Waals surface area contributed by atoms with Crippen molar-refractivity contribution in [2.45, 2.75) is 19.9 Å². The van der Waals surface area contributed by atoms with Crippen LogP contribution in [0.5, 0.6) is 0 Å². The molecule has 0 unspecified atom stereocenters. The van der Waals surface area contributed by atoms with E-state index in [9.17, 15) is 4.39 Å². The molecule has 0 radical (unpaired) electrons. The molecule has 0 saturated heterocycles. The highest BCUT2D eigenvalue weighted by atomic mass is 19.1. The largest absolute Gasteiger partial charge is 0.299 e. The average Bonchev–Trinajstić information content (AvgIpc) is 2.40. The molecule has 2 rings (SSSR count). The molecule has 14 heavy (non-hydrogen) atoms. The van der Waals surface area contributed by atoms with Crippen molar-refractivity contribution in [3.8, 4) is 0 Å². The lowest BCUT2D eigenvalue weighted by Crippen LogP contribution is -2.42. The summed E-state index contributed by atoms with van der Waals surface area (Å²) >= 11 is 0. The lowest BCUT2D eigenvalue weighted by Gasteiger charge is -2.29. The van der Waals surface area contributed by atoms with Gasteiger partial charge in [0.15, 0.2) is 0 Å². The van der Waals surface area contributed by atoms with Crippen LogP contribution in [-0.2, 0) is 0 Å². The van der Waals surface area contributed by atoms with Crippen LogP contribution in [0, 0.1) is 5.82 Å². The first-order chi connectivity index (χ1) is 6.59. The van der Waals surface area contributed by atoms with E-state index < -0.39 is 0 Å². The van der Waals surface area contributed by atoms with E-state index in [1.165, 1.54) is 6.07 Å². The van der Waals surface area contributed by atoms with Crippen LogP contribution in [0.4, 0.5) is 15.8 Å². The fraction of sp³-hybridized carbons (Fsp3) is 0.400. The van der Waals surface area contributed by atoms with E-state index in [-0.39, 0.29) is 5.82 Å². The predicted molar refractivity (Wildman–Crippen MR) is 55.4 cm³/mol. The minimum Gasteiger partial charge on any atom is -0.299 e. The Labute approximate surface area is 83.1 Å². The lowest BCUT2D eigenvalue weighted by molar-refractivity contribution is 0.355. The molecule has 0 bridgehead atoms. The van der Waals surface area contributed by atoms with Gasteiger partial charge in [-0.1, -0.05) is 0 Å². The zero-order valence-corrected chi connectivity index (χ0v) is 8.58. The molecule has 1 aromatic rings. The number of hydrazine groups is 2. The minimum atomic E-state index is -0.202. The number of benzene rings is 1. The molecule has 0 atom stereocenters. The number of nitrogens with one attached hydrogen (secondary N) is 1. The third-order valence-electron chi connectivity index (χ3n) is 2.30. The normalized spacial score (nSPS) is 15.9. The number of rotatable bonds is 1. The maximum Gasteiger partial charge on any atom is 0.125 e. The highest BCUT2D eigenvalue weighted by molar-refractivity contribution is 5.73. The Bertz CT molecular complexity index is 351. The van der Waals surface area contributed by atoms with Crippen molar-refractivity contribution in [1.82, 2.24) is 5.12 Å². The number of anilines is 2. The van der Waals surface area contributed by atoms with E-state index in [1.807, 2.05) is 17.2 Å². The van der Waals surface area contributed by atoms with E-state index in [2.05, 4.69) is 19.3 Å². The van der Waals surface area contributed by atoms with Crippen LogP contribution in [-0.4, -0.2) is 18.2 Å². The Balaban J connectivity index is 2.44. The highest BCUT2D eigenvalue weighted by Gasteiger charge is 2.26. The van der Waals surface area contributed by atoms with Crippen molar-refractivity contribution in [3.63, 3.8) is 0 Å². The predicted octanol–water partition coefficient (Wildman–Crippen LogP) is 2.23. The molecule has 1 N–H and O–H groups in total. The Kier molecular flexibility index (Phi) is 2.07. The van der Waals surface area contributed by atoms with Gasteiger partial charge in [-0.05, 0) is 26.0 Å². The van der Waals surface area contributed by atoms with E-state index in [1.54, 1.807) is 12.1 Å². The molecule has 3 nitrogen and oxygen atoms in total. The van der Waals surface area contributed by atoms with Crippen LogP contribution in [0.3, 0.4) is 0 Å². The van der Waals surface area contributed by atoms with Crippen molar-refractivity contribution >= 4 is 11.4 Å². The first kappa shape index (κ1) is 9.27. The van der Waals surface area contributed by atoms with Crippen LogP contribution in [0.1, 0.15) is 13.8 Å². The first-order valence-corrected chi connectivity index (χ1v) is 4.68. The summed E-state index contributed by atoms with van der Waals surface area (Å²) in [6, 6.07) is 5.06. The lowest BCUT2D eigenvalue weighted by atomic mass is 10.2. The topological polar surface area (TPSA) is 18.5 Å². The maximum atomic E-state index is 13.1. The first-order valence-electron chi connectivity index (χ1n) is 4.68. The summed E-state index contributed by atoms with van der Waals surface area (Å²) in [5.74, 6) is -0.202. The van der Waals surface area contributed by atoms with Crippen molar-refractivity contribution < 1.29 is 4.39 Å². The number of hydrogen-bond acceptors (Lipinski definition) is 3. The summed E-state index contributed by atoms with van der Waals surface area (Å²) in [6.07, 6.45) is 0. The van der Waals surface area contributed by atoms with E-state index in [0.29, 0.717) is 6.04 Å². The summed E-state index contributed by atoms with van der Waals surface area (Å²) in [5, 5.41) is 3.88. The molecule has 0 saturated carbocycles. The zero-order chi connectivity index (χ0) is 10.3. The molecule has 4 heteroatoms. The number of halogens is 1. The van der Waals surface area contributed by atoms with E-state index in [4.69, 9.17) is 0 Å². The number of fused-ring (bicyclic) bond motifs is 1. The van der Waals surface area contributed by atoms with Gasteiger partial charge in [0.2, 0.25) is 0 Å². The standard InChI is InChI=1S/C10H14FN3/c1-7(2)14-10-6-8(11)4-5-9(10)12-13(14)3/h4-7,12H,1-3H3. The van der Waals surface area contributed by atoms with E-state index in [0.717, 1.165) is 11.4 Å². The van der Waals surface area contributed by atoms with Crippen molar-refractivity contribution in [2.24, 2.45) is 0 Å². The van der Waals surface area contributed by atoms with Gasteiger partial charge >= 0.3 is 0 Å². The van der Waals surface area contributed by atoms with Crippen LogP contribution in [0.2, 0.25) is 0 Å². The molecule has 0 aromatic heterocycles. The molecule has 1 aliphatic heterocycles. The van der Waals surface area contributed by atoms with Crippen LogP contribution in [0.25, 0.3) is 0 Å². The second-order valence-electron chi connectivity index (χ2n) is 3.74. The van der Waals surface area contributed by atoms with Crippen molar-refractivity contribution in [2.75, 3.05) is 17.5 Å². The van der Waals surface area contributed by atoms with Gasteiger partial charge in [0.1, 0.15) is 5.82 Å². The Hall–Kier alpha value is -1.29. The molecule has 1 aromatic carbocycles. The number of hydrogen-bond donors (Lipinski definition) is 1. The SMILES string of the molecule is CC(C)N1c2cc(F)ccc2NN1C. The van der Waals surface area contributed by atoms with Gasteiger partial charge < -0.3 is 0 Å². The molecule has 0 aliphatic carbocycles. The average molecular weight is 195 g/mol. The smallest absolute Gasteiger partial charge is 0.125 e. The zero-order valence-electron chi connectivity index (χ0n) is 8.58. The third kappa shape index (κ3) is 1.32. The van der Waals surface area contributed by atoms with Gasteiger partial charge in [-0.25, -0.2) is 4.39 Å². The Morgan fingerprint density at radius 1 is 1.36 bits per heavy atom. The summed E-state index contributed by atoms with van der Waals surface area (Å²) in [5.41, 5.74) is 4.99. The van der Waals surface area contributed by atoms with Gasteiger partial charge in [0.25, 0.3) is 0 Å². The fourth-order valence-corrected chi connectivity index (χ4v) is 1.80. The van der Waals surface area contributed by atoms with Crippen molar-refractivity contribution in [3.05, 3.63) is 24.0 Å². The molecule has 76 valence electrons. The maximum absolute atomic E-state index is 13.1. The summed E-state index contributed by atoms with van der Waals surface area (Å²) in [4.78, 5) is 0. The van der Waals surface area contributed by atoms with Crippen LogP contribution < -0.4 is 10.4 Å². The molecule has 0 fully saturated rings. The molecular weight excluding hydrogens is 181 g/mol. The molecule has 0 spiro atoms. The van der Waals surface area contributed by atoms with Crippen LogP contribution in [0.15, 0.2) is 18.2 Å². The van der Waals surface area contributed by atoms with Gasteiger partial charge in [0.05, 0.1) is 11.4 Å². The summed E-state index contributed by atoms with van der Waals surface area (Å²) in [6.45, 7) is 4.14. The summed E-state index contributed by atoms with van der Waals surface area (Å²) < 4.78 is 13.1. The van der Waals surface area contributed by atoms with Crippen LogP contribution >= 0.6 is 0 Å². The number of nitrogens with zero attached hydrogens (tertiary/aromatic N) is 2. The summed E-state index contributed by atoms with van der Waals surface area (Å²) in [7, 11) is 1.91. The van der Waals surface area contributed by atoms with Crippen molar-refractivity contribution in [1.29, 1.82) is 0 Å². The Morgan fingerprint density at radius 3 is 2.71 bits per heavy atom. The highest BCUT2D eigenvalue weighted by Crippen LogP contribution is 2.34. The quantitative estimate of drug-likeness (QED) is 0.741. The molecule has 1 heterocycles. The van der Waals surface area contributed by atoms with Gasteiger partial charge in [-0.15, -0.1) is 5.12 Å². The minimum absolute atomic E-state index is 0.202. The molecule has 1 aliphatic rings. The monoisotopic (exact) mass is 195 g/mol. The second-order valence-corrected chi connectivity index (χ2v) is 3.74. The molecule has 0 amide bonds. The van der Waals surface area contributed by atoms with Gasteiger partial charge in [-0.2, -0.15) is 0 Å². The van der Waals surface area contributed by atoms with E-state index >= 15 is 0 Å².